The summed E-state index contributed by atoms with van der Waals surface area (Å²) in [6.45, 7) is 0. The average Bonchev–Trinajstić information content (AvgIpc) is 2.33. The Hall–Kier alpha value is -0.930. The highest BCUT2D eigenvalue weighted by Gasteiger charge is 2.16. The highest BCUT2D eigenvalue weighted by Crippen LogP contribution is 2.20. The molecule has 1 amide bonds. The summed E-state index contributed by atoms with van der Waals surface area (Å²) in [5.74, 6) is -0.119. The minimum atomic E-state index is -0.119. The van der Waals surface area contributed by atoms with Gasteiger partial charge in [-0.2, -0.15) is 0 Å². The largest absolute Gasteiger partial charge is 0.349 e. The lowest BCUT2D eigenvalue weighted by Gasteiger charge is -2.19. The van der Waals surface area contributed by atoms with Crippen molar-refractivity contribution >= 4 is 30.1 Å². The fourth-order valence-electron chi connectivity index (χ4n) is 1.88. The third-order valence-corrected chi connectivity index (χ3v) is 3.41. The van der Waals surface area contributed by atoms with Crippen molar-refractivity contribution in [3.63, 3.8) is 0 Å². The molecule has 2 rings (SSSR count). The Kier molecular flexibility index (Phi) is 4.13. The first kappa shape index (κ1) is 12.5. The van der Waals surface area contributed by atoms with Gasteiger partial charge in [-0.15, -0.1) is 12.6 Å². The molecule has 4 heteroatoms. The van der Waals surface area contributed by atoms with Crippen molar-refractivity contribution in [2.24, 2.45) is 0 Å². The molecule has 1 unspecified atom stereocenters. The fraction of sp³-hybridized carbons (Fsp3) is 0.308. The number of benzene rings is 1. The Labute approximate surface area is 111 Å². The Morgan fingerprint density at radius 1 is 1.41 bits per heavy atom. The Balaban J connectivity index is 2.08. The molecule has 0 fully saturated rings. The number of carbonyl (C=O) groups is 1. The van der Waals surface area contributed by atoms with E-state index in [1.807, 2.05) is 0 Å². The van der Waals surface area contributed by atoms with Gasteiger partial charge < -0.3 is 5.32 Å². The van der Waals surface area contributed by atoms with E-state index in [1.54, 1.807) is 18.2 Å². The highest BCUT2D eigenvalue weighted by molar-refractivity contribution is 7.80. The molecule has 17 heavy (non-hydrogen) atoms. The summed E-state index contributed by atoms with van der Waals surface area (Å²) in [4.78, 5) is 12.8. The molecule has 1 aliphatic rings. The second-order valence-corrected chi connectivity index (χ2v) is 5.04. The van der Waals surface area contributed by atoms with Crippen LogP contribution in [0.1, 0.15) is 29.6 Å². The highest BCUT2D eigenvalue weighted by atomic mass is 35.5. The zero-order valence-electron chi connectivity index (χ0n) is 9.32. The van der Waals surface area contributed by atoms with Gasteiger partial charge in [0.15, 0.2) is 0 Å². The first-order valence-electron chi connectivity index (χ1n) is 5.61. The SMILES string of the molecule is O=C(NC1CC=CCC1)c1cc(S)ccc1Cl. The molecule has 0 spiro atoms. The molecule has 1 aliphatic carbocycles. The molecular formula is C13H14ClNOS. The first-order valence-corrected chi connectivity index (χ1v) is 6.43. The van der Waals surface area contributed by atoms with E-state index in [1.165, 1.54) is 0 Å². The van der Waals surface area contributed by atoms with E-state index in [-0.39, 0.29) is 11.9 Å². The molecule has 0 bridgehead atoms. The molecule has 1 aromatic rings. The number of hydrogen-bond donors (Lipinski definition) is 2. The van der Waals surface area contributed by atoms with Gasteiger partial charge in [-0.05, 0) is 37.5 Å². The summed E-state index contributed by atoms with van der Waals surface area (Å²) in [6, 6.07) is 5.37. The second kappa shape index (κ2) is 5.61. The number of amides is 1. The van der Waals surface area contributed by atoms with E-state index in [4.69, 9.17) is 11.6 Å². The predicted molar refractivity (Wildman–Crippen MR) is 72.9 cm³/mol. The van der Waals surface area contributed by atoms with Crippen LogP contribution in [0.25, 0.3) is 0 Å². The monoisotopic (exact) mass is 267 g/mol. The molecule has 1 aromatic carbocycles. The maximum atomic E-state index is 12.0. The van der Waals surface area contributed by atoms with Gasteiger partial charge in [-0.1, -0.05) is 23.8 Å². The molecular weight excluding hydrogens is 254 g/mol. The molecule has 1 N–H and O–H groups in total. The Morgan fingerprint density at radius 2 is 2.24 bits per heavy atom. The van der Waals surface area contributed by atoms with Crippen LogP contribution in [0.2, 0.25) is 5.02 Å². The summed E-state index contributed by atoms with van der Waals surface area (Å²) < 4.78 is 0. The third-order valence-electron chi connectivity index (χ3n) is 2.80. The van der Waals surface area contributed by atoms with Crippen LogP contribution in [0.5, 0.6) is 0 Å². The van der Waals surface area contributed by atoms with Gasteiger partial charge in [0.1, 0.15) is 0 Å². The van der Waals surface area contributed by atoms with Crippen LogP contribution in [0.4, 0.5) is 0 Å². The quantitative estimate of drug-likeness (QED) is 0.624. The lowest BCUT2D eigenvalue weighted by molar-refractivity contribution is 0.0934. The van der Waals surface area contributed by atoms with Crippen molar-refractivity contribution in [2.45, 2.75) is 30.2 Å². The number of rotatable bonds is 2. The third kappa shape index (κ3) is 3.27. The van der Waals surface area contributed by atoms with Gasteiger partial charge in [-0.25, -0.2) is 0 Å². The number of halogens is 1. The first-order chi connectivity index (χ1) is 8.16. The van der Waals surface area contributed by atoms with Crippen molar-refractivity contribution in [2.75, 3.05) is 0 Å². The summed E-state index contributed by atoms with van der Waals surface area (Å²) in [5, 5.41) is 3.46. The van der Waals surface area contributed by atoms with Gasteiger partial charge in [0, 0.05) is 10.9 Å². The van der Waals surface area contributed by atoms with Gasteiger partial charge in [-0.3, -0.25) is 4.79 Å². The van der Waals surface area contributed by atoms with Gasteiger partial charge in [0.25, 0.3) is 5.91 Å². The molecule has 0 saturated carbocycles. The van der Waals surface area contributed by atoms with Crippen LogP contribution in [0.3, 0.4) is 0 Å². The van der Waals surface area contributed by atoms with Crippen LogP contribution in [0.15, 0.2) is 35.2 Å². The van der Waals surface area contributed by atoms with Crippen molar-refractivity contribution < 1.29 is 4.79 Å². The topological polar surface area (TPSA) is 29.1 Å². The summed E-state index contributed by atoms with van der Waals surface area (Å²) in [6.07, 6.45) is 7.14. The fourth-order valence-corrected chi connectivity index (χ4v) is 2.28. The molecule has 0 heterocycles. The zero-order chi connectivity index (χ0) is 12.3. The van der Waals surface area contributed by atoms with E-state index in [0.717, 1.165) is 24.2 Å². The van der Waals surface area contributed by atoms with Crippen LogP contribution in [0, 0.1) is 0 Å². The minimum absolute atomic E-state index is 0.119. The smallest absolute Gasteiger partial charge is 0.253 e. The molecule has 0 saturated heterocycles. The van der Waals surface area contributed by atoms with Crippen LogP contribution >= 0.6 is 24.2 Å². The summed E-state index contributed by atoms with van der Waals surface area (Å²) >= 11 is 10.2. The van der Waals surface area contributed by atoms with Crippen molar-refractivity contribution in [3.8, 4) is 0 Å². The Morgan fingerprint density at radius 3 is 2.94 bits per heavy atom. The van der Waals surface area contributed by atoms with E-state index >= 15 is 0 Å². The van der Waals surface area contributed by atoms with Crippen molar-refractivity contribution in [1.29, 1.82) is 0 Å². The van der Waals surface area contributed by atoms with E-state index in [2.05, 4.69) is 30.1 Å². The second-order valence-electron chi connectivity index (χ2n) is 4.12. The lowest BCUT2D eigenvalue weighted by atomic mass is 10.0. The molecule has 2 nitrogen and oxygen atoms in total. The number of hydrogen-bond acceptors (Lipinski definition) is 2. The summed E-state index contributed by atoms with van der Waals surface area (Å²) in [7, 11) is 0. The van der Waals surface area contributed by atoms with Crippen LogP contribution < -0.4 is 5.32 Å². The van der Waals surface area contributed by atoms with Crippen LogP contribution in [-0.2, 0) is 0 Å². The molecule has 90 valence electrons. The van der Waals surface area contributed by atoms with Crippen molar-refractivity contribution in [1.82, 2.24) is 5.32 Å². The zero-order valence-corrected chi connectivity index (χ0v) is 11.0. The number of nitrogens with one attached hydrogen (secondary N) is 1. The molecule has 0 aromatic heterocycles. The maximum Gasteiger partial charge on any atom is 0.253 e. The van der Waals surface area contributed by atoms with Gasteiger partial charge in [0.05, 0.1) is 10.6 Å². The lowest BCUT2D eigenvalue weighted by Crippen LogP contribution is -2.35. The minimum Gasteiger partial charge on any atom is -0.349 e. The van der Waals surface area contributed by atoms with Gasteiger partial charge in [0.2, 0.25) is 0 Å². The van der Waals surface area contributed by atoms with E-state index in [9.17, 15) is 4.79 Å². The van der Waals surface area contributed by atoms with Crippen molar-refractivity contribution in [3.05, 3.63) is 40.9 Å². The molecule has 0 aliphatic heterocycles. The molecule has 0 radical (unpaired) electrons. The standard InChI is InChI=1S/C13H14ClNOS/c14-12-7-6-10(17)8-11(12)13(16)15-9-4-2-1-3-5-9/h1-2,6-9,17H,3-5H2,(H,15,16). The normalized spacial score (nSPS) is 19.1. The van der Waals surface area contributed by atoms with Gasteiger partial charge >= 0.3 is 0 Å². The average molecular weight is 268 g/mol. The maximum absolute atomic E-state index is 12.0. The number of carbonyl (C=O) groups excluding carboxylic acids is 1. The predicted octanol–water partition coefficient (Wildman–Crippen LogP) is 3.47. The Bertz CT molecular complexity index is 459. The number of allylic oxidation sites excluding steroid dienone is 1. The number of thiol groups is 1. The van der Waals surface area contributed by atoms with E-state index < -0.39 is 0 Å². The van der Waals surface area contributed by atoms with Crippen LogP contribution in [-0.4, -0.2) is 11.9 Å². The summed E-state index contributed by atoms with van der Waals surface area (Å²) in [5.41, 5.74) is 0.494. The molecule has 1 atom stereocenters. The van der Waals surface area contributed by atoms with E-state index in [0.29, 0.717) is 10.6 Å².